The summed E-state index contributed by atoms with van der Waals surface area (Å²) in [5.74, 6) is 0. The van der Waals surface area contributed by atoms with Crippen LogP contribution < -0.4 is 0 Å². The SMILES string of the molecule is Cc1ccc(S(=O)(=O)OC2CC(CO)N(S(=O)(=O)c3ccc(C)cc3)C2)cc1. The van der Waals surface area contributed by atoms with Crippen LogP contribution >= 0.6 is 0 Å². The molecule has 2 unspecified atom stereocenters. The molecule has 1 saturated heterocycles. The first-order valence-corrected chi connectivity index (χ1v) is 11.7. The third kappa shape index (κ3) is 4.28. The normalized spacial score (nSPS) is 21.1. The molecule has 2 aromatic rings. The second-order valence-corrected chi connectivity index (χ2v) is 10.4. The van der Waals surface area contributed by atoms with E-state index in [1.807, 2.05) is 13.8 Å². The van der Waals surface area contributed by atoms with E-state index in [0.717, 1.165) is 15.4 Å². The van der Waals surface area contributed by atoms with Gasteiger partial charge in [0.25, 0.3) is 10.1 Å². The number of benzene rings is 2. The van der Waals surface area contributed by atoms with Gasteiger partial charge in [0, 0.05) is 6.54 Å². The minimum Gasteiger partial charge on any atom is -0.395 e. The fraction of sp³-hybridized carbons (Fsp3) is 0.368. The van der Waals surface area contributed by atoms with Crippen molar-refractivity contribution in [3.8, 4) is 0 Å². The van der Waals surface area contributed by atoms with Gasteiger partial charge in [-0.25, -0.2) is 8.42 Å². The first kappa shape index (κ1) is 20.9. The van der Waals surface area contributed by atoms with Crippen molar-refractivity contribution in [3.05, 3.63) is 59.7 Å². The van der Waals surface area contributed by atoms with Gasteiger partial charge in [0.1, 0.15) is 0 Å². The molecule has 0 aromatic heterocycles. The Morgan fingerprint density at radius 1 is 0.929 bits per heavy atom. The molecule has 3 rings (SSSR count). The van der Waals surface area contributed by atoms with Gasteiger partial charge in [0.05, 0.1) is 28.5 Å². The molecule has 9 heteroatoms. The molecule has 152 valence electrons. The van der Waals surface area contributed by atoms with Crippen LogP contribution in [0.25, 0.3) is 0 Å². The number of sulfonamides is 1. The van der Waals surface area contributed by atoms with Crippen LogP contribution in [0.2, 0.25) is 0 Å². The molecule has 7 nitrogen and oxygen atoms in total. The van der Waals surface area contributed by atoms with Crippen molar-refractivity contribution in [2.75, 3.05) is 13.2 Å². The van der Waals surface area contributed by atoms with Crippen LogP contribution in [0.5, 0.6) is 0 Å². The predicted octanol–water partition coefficient (Wildman–Crippen LogP) is 1.83. The molecular formula is C19H23NO6S2. The van der Waals surface area contributed by atoms with Crippen molar-refractivity contribution in [2.24, 2.45) is 0 Å². The fourth-order valence-corrected chi connectivity index (χ4v) is 5.90. The number of aliphatic hydroxyl groups is 1. The molecule has 1 aliphatic heterocycles. The topological polar surface area (TPSA) is 101 Å². The Kier molecular flexibility index (Phi) is 5.92. The molecule has 2 aromatic carbocycles. The van der Waals surface area contributed by atoms with Gasteiger partial charge in [-0.1, -0.05) is 35.4 Å². The summed E-state index contributed by atoms with van der Waals surface area (Å²) in [6.45, 7) is 3.12. The Balaban J connectivity index is 1.81. The van der Waals surface area contributed by atoms with E-state index in [2.05, 4.69) is 0 Å². The van der Waals surface area contributed by atoms with Gasteiger partial charge in [0.15, 0.2) is 0 Å². The number of rotatable bonds is 6. The molecule has 1 heterocycles. The Morgan fingerprint density at radius 2 is 1.43 bits per heavy atom. The lowest BCUT2D eigenvalue weighted by atomic mass is 10.2. The van der Waals surface area contributed by atoms with E-state index in [1.165, 1.54) is 24.3 Å². The van der Waals surface area contributed by atoms with E-state index in [9.17, 15) is 21.9 Å². The third-order valence-corrected chi connectivity index (χ3v) is 8.04. The first-order chi connectivity index (χ1) is 13.1. The molecule has 0 saturated carbocycles. The summed E-state index contributed by atoms with van der Waals surface area (Å²) in [6.07, 6.45) is -0.782. The monoisotopic (exact) mass is 425 g/mol. The van der Waals surface area contributed by atoms with Crippen molar-refractivity contribution >= 4 is 20.1 Å². The van der Waals surface area contributed by atoms with Crippen LogP contribution in [0.3, 0.4) is 0 Å². The van der Waals surface area contributed by atoms with Gasteiger partial charge < -0.3 is 5.11 Å². The van der Waals surface area contributed by atoms with Gasteiger partial charge in [-0.3, -0.25) is 4.18 Å². The number of aliphatic hydroxyl groups excluding tert-OH is 1. The highest BCUT2D eigenvalue weighted by Crippen LogP contribution is 2.29. The van der Waals surface area contributed by atoms with E-state index in [-0.39, 0.29) is 22.8 Å². The van der Waals surface area contributed by atoms with Crippen LogP contribution in [-0.2, 0) is 24.3 Å². The van der Waals surface area contributed by atoms with E-state index in [0.29, 0.717) is 0 Å². The molecule has 1 aliphatic rings. The minimum absolute atomic E-state index is 0.0125. The summed E-state index contributed by atoms with van der Waals surface area (Å²) in [6, 6.07) is 11.8. The van der Waals surface area contributed by atoms with Gasteiger partial charge in [0.2, 0.25) is 10.0 Å². The lowest BCUT2D eigenvalue weighted by Gasteiger charge is -2.22. The Labute approximate surface area is 165 Å². The highest BCUT2D eigenvalue weighted by molar-refractivity contribution is 7.89. The molecule has 1 fully saturated rings. The van der Waals surface area contributed by atoms with E-state index in [4.69, 9.17) is 4.18 Å². The zero-order valence-corrected chi connectivity index (χ0v) is 17.3. The summed E-state index contributed by atoms with van der Waals surface area (Å²) in [5.41, 5.74) is 1.83. The van der Waals surface area contributed by atoms with Crippen molar-refractivity contribution in [2.45, 2.75) is 42.2 Å². The van der Waals surface area contributed by atoms with Crippen LogP contribution in [0.15, 0.2) is 58.3 Å². The largest absolute Gasteiger partial charge is 0.395 e. The lowest BCUT2D eigenvalue weighted by molar-refractivity contribution is 0.207. The van der Waals surface area contributed by atoms with Crippen molar-refractivity contribution in [1.82, 2.24) is 4.31 Å². The maximum atomic E-state index is 12.9. The first-order valence-electron chi connectivity index (χ1n) is 8.83. The highest BCUT2D eigenvalue weighted by Gasteiger charge is 2.42. The number of nitrogens with zero attached hydrogens (tertiary/aromatic N) is 1. The standard InChI is InChI=1S/C19H23NO6S2/c1-14-3-7-18(8-4-14)27(22,23)20-12-17(11-16(20)13-21)26-28(24,25)19-9-5-15(2)6-10-19/h3-10,16-17,21H,11-13H2,1-2H3. The zero-order chi connectivity index (χ0) is 20.5. The number of hydrogen-bond acceptors (Lipinski definition) is 6. The second kappa shape index (κ2) is 7.92. The summed E-state index contributed by atoms with van der Waals surface area (Å²) in [4.78, 5) is 0.108. The lowest BCUT2D eigenvalue weighted by Crippen LogP contribution is -2.38. The average molecular weight is 426 g/mol. The van der Waals surface area contributed by atoms with Gasteiger partial charge in [-0.05, 0) is 44.5 Å². The van der Waals surface area contributed by atoms with Crippen LogP contribution in [0.1, 0.15) is 17.5 Å². The zero-order valence-electron chi connectivity index (χ0n) is 15.6. The summed E-state index contributed by atoms with van der Waals surface area (Å²) in [5, 5.41) is 9.64. The van der Waals surface area contributed by atoms with Crippen molar-refractivity contribution in [3.63, 3.8) is 0 Å². The van der Waals surface area contributed by atoms with Crippen molar-refractivity contribution < 1.29 is 26.1 Å². The average Bonchev–Trinajstić information content (AvgIpc) is 3.05. The molecule has 2 atom stereocenters. The molecule has 0 aliphatic carbocycles. The maximum Gasteiger partial charge on any atom is 0.297 e. The quantitative estimate of drug-likeness (QED) is 0.709. The van der Waals surface area contributed by atoms with E-state index >= 15 is 0 Å². The Bertz CT molecular complexity index is 1030. The Hall–Kier alpha value is -1.78. The van der Waals surface area contributed by atoms with Crippen LogP contribution in [-0.4, -0.2) is 51.5 Å². The van der Waals surface area contributed by atoms with Crippen LogP contribution in [0, 0.1) is 13.8 Å². The summed E-state index contributed by atoms with van der Waals surface area (Å²) < 4.78 is 57.3. The molecule has 0 radical (unpaired) electrons. The summed E-state index contributed by atoms with van der Waals surface area (Å²) >= 11 is 0. The minimum atomic E-state index is -4.03. The summed E-state index contributed by atoms with van der Waals surface area (Å²) in [7, 11) is -7.91. The smallest absolute Gasteiger partial charge is 0.297 e. The van der Waals surface area contributed by atoms with Gasteiger partial charge in [-0.15, -0.1) is 0 Å². The third-order valence-electron chi connectivity index (χ3n) is 4.74. The number of hydrogen-bond donors (Lipinski definition) is 1. The van der Waals surface area contributed by atoms with Gasteiger partial charge in [-0.2, -0.15) is 12.7 Å². The highest BCUT2D eigenvalue weighted by atomic mass is 32.2. The predicted molar refractivity (Wildman–Crippen MR) is 104 cm³/mol. The maximum absolute atomic E-state index is 12.9. The number of aryl methyl sites for hydroxylation is 2. The molecule has 28 heavy (non-hydrogen) atoms. The van der Waals surface area contributed by atoms with E-state index in [1.54, 1.807) is 24.3 Å². The van der Waals surface area contributed by atoms with Crippen LogP contribution in [0.4, 0.5) is 0 Å². The molecule has 0 bridgehead atoms. The fourth-order valence-electron chi connectivity index (χ4n) is 3.16. The molecular weight excluding hydrogens is 402 g/mol. The van der Waals surface area contributed by atoms with Gasteiger partial charge >= 0.3 is 0 Å². The molecule has 0 amide bonds. The molecule has 0 spiro atoms. The second-order valence-electron chi connectivity index (χ2n) is 6.95. The van der Waals surface area contributed by atoms with Crippen molar-refractivity contribution in [1.29, 1.82) is 0 Å². The van der Waals surface area contributed by atoms with E-state index < -0.39 is 38.9 Å². The molecule has 1 N–H and O–H groups in total. The Morgan fingerprint density at radius 3 is 1.93 bits per heavy atom.